The Labute approximate surface area is 142 Å². The zero-order valence-electron chi connectivity index (χ0n) is 13.1. The molecule has 4 rings (SSSR count). The first kappa shape index (κ1) is 14.8. The smallest absolute Gasteiger partial charge is 0.253 e. The van der Waals surface area contributed by atoms with Gasteiger partial charge in [-0.2, -0.15) is 4.98 Å². The lowest BCUT2D eigenvalue weighted by atomic mass is 10.1. The lowest BCUT2D eigenvalue weighted by molar-refractivity contribution is 0.509. The first-order valence-electron chi connectivity index (χ1n) is 7.43. The van der Waals surface area contributed by atoms with Gasteiger partial charge in [-0.3, -0.25) is 0 Å². The van der Waals surface area contributed by atoms with Gasteiger partial charge in [-0.05, 0) is 32.0 Å². The van der Waals surface area contributed by atoms with Crippen molar-refractivity contribution in [1.82, 2.24) is 29.8 Å². The van der Waals surface area contributed by atoms with Gasteiger partial charge in [0.05, 0.1) is 5.25 Å². The molecule has 3 heterocycles. The highest BCUT2D eigenvalue weighted by Gasteiger charge is 2.18. The molecule has 4 aromatic rings. The van der Waals surface area contributed by atoms with E-state index in [2.05, 4.69) is 25.3 Å². The highest BCUT2D eigenvalue weighted by atomic mass is 32.2. The second-order valence-electron chi connectivity index (χ2n) is 5.33. The number of aromatic nitrogens is 6. The summed E-state index contributed by atoms with van der Waals surface area (Å²) in [5.41, 5.74) is 2.10. The van der Waals surface area contributed by atoms with Gasteiger partial charge in [-0.25, -0.2) is 9.50 Å². The summed E-state index contributed by atoms with van der Waals surface area (Å²) >= 11 is 1.45. The summed E-state index contributed by atoms with van der Waals surface area (Å²) in [5, 5.41) is 13.2. The third kappa shape index (κ3) is 2.88. The van der Waals surface area contributed by atoms with Gasteiger partial charge in [-0.1, -0.05) is 29.5 Å². The topological polar surface area (TPSA) is 82.0 Å². The molecule has 1 aromatic carbocycles. The van der Waals surface area contributed by atoms with Crippen LogP contribution in [0.3, 0.4) is 0 Å². The summed E-state index contributed by atoms with van der Waals surface area (Å²) in [7, 11) is 0. The van der Waals surface area contributed by atoms with Gasteiger partial charge in [0.2, 0.25) is 16.9 Å². The molecule has 0 aliphatic carbocycles. The van der Waals surface area contributed by atoms with Crippen LogP contribution in [-0.2, 0) is 0 Å². The lowest BCUT2D eigenvalue weighted by Gasteiger charge is -2.02. The van der Waals surface area contributed by atoms with Crippen molar-refractivity contribution in [2.75, 3.05) is 0 Å². The first-order chi connectivity index (χ1) is 11.7. The Bertz CT molecular complexity index is 945. The third-order valence-electron chi connectivity index (χ3n) is 3.47. The first-order valence-corrected chi connectivity index (χ1v) is 8.31. The molecule has 3 aromatic heterocycles. The fourth-order valence-electron chi connectivity index (χ4n) is 2.18. The highest BCUT2D eigenvalue weighted by Crippen LogP contribution is 2.33. The monoisotopic (exact) mass is 338 g/mol. The minimum absolute atomic E-state index is 0.0610. The van der Waals surface area contributed by atoms with E-state index in [-0.39, 0.29) is 5.25 Å². The maximum absolute atomic E-state index is 5.80. The maximum atomic E-state index is 5.80. The number of nitrogens with zero attached hydrogens (tertiary/aromatic N) is 6. The number of thioether (sulfide) groups is 1. The molecule has 8 heteroatoms. The number of rotatable bonds is 4. The van der Waals surface area contributed by atoms with Crippen molar-refractivity contribution in [2.45, 2.75) is 24.3 Å². The van der Waals surface area contributed by atoms with Crippen LogP contribution in [0.2, 0.25) is 0 Å². The lowest BCUT2D eigenvalue weighted by Crippen LogP contribution is -1.90. The summed E-state index contributed by atoms with van der Waals surface area (Å²) < 4.78 is 7.44. The second kappa shape index (κ2) is 6.04. The largest absolute Gasteiger partial charge is 0.419 e. The van der Waals surface area contributed by atoms with Crippen LogP contribution in [0.15, 0.2) is 52.3 Å². The van der Waals surface area contributed by atoms with Gasteiger partial charge in [0.15, 0.2) is 0 Å². The van der Waals surface area contributed by atoms with Gasteiger partial charge in [0.25, 0.3) is 5.78 Å². The zero-order valence-corrected chi connectivity index (χ0v) is 13.9. The van der Waals surface area contributed by atoms with E-state index in [0.717, 1.165) is 5.56 Å². The number of hydrogen-bond donors (Lipinski definition) is 0. The molecule has 0 saturated heterocycles. The fourth-order valence-corrected chi connectivity index (χ4v) is 2.97. The quantitative estimate of drug-likeness (QED) is 0.528. The summed E-state index contributed by atoms with van der Waals surface area (Å²) in [4.78, 5) is 8.52. The van der Waals surface area contributed by atoms with E-state index < -0.39 is 0 Å². The molecule has 0 radical (unpaired) electrons. The van der Waals surface area contributed by atoms with Crippen LogP contribution in [0, 0.1) is 6.92 Å². The van der Waals surface area contributed by atoms with Gasteiger partial charge in [0, 0.05) is 18.0 Å². The van der Waals surface area contributed by atoms with Crippen LogP contribution >= 0.6 is 11.8 Å². The van der Waals surface area contributed by atoms with Crippen LogP contribution in [0.4, 0.5) is 0 Å². The van der Waals surface area contributed by atoms with Gasteiger partial charge in [0.1, 0.15) is 0 Å². The molecule has 24 heavy (non-hydrogen) atoms. The molecule has 0 fully saturated rings. The van der Waals surface area contributed by atoms with Crippen molar-refractivity contribution >= 4 is 17.5 Å². The van der Waals surface area contributed by atoms with E-state index in [1.54, 1.807) is 10.7 Å². The third-order valence-corrected chi connectivity index (χ3v) is 4.41. The number of fused-ring (bicyclic) bond motifs is 1. The van der Waals surface area contributed by atoms with E-state index >= 15 is 0 Å². The van der Waals surface area contributed by atoms with Crippen molar-refractivity contribution in [3.63, 3.8) is 0 Å². The summed E-state index contributed by atoms with van der Waals surface area (Å²) in [5.74, 6) is 1.63. The fraction of sp³-hybridized carbons (Fsp3) is 0.188. The number of benzene rings is 1. The van der Waals surface area contributed by atoms with Gasteiger partial charge < -0.3 is 4.42 Å². The van der Waals surface area contributed by atoms with Crippen LogP contribution in [0.25, 0.3) is 17.2 Å². The predicted molar refractivity (Wildman–Crippen MR) is 89.5 cm³/mol. The highest BCUT2D eigenvalue weighted by molar-refractivity contribution is 7.99. The summed E-state index contributed by atoms with van der Waals surface area (Å²) in [6.45, 7) is 4.02. The Morgan fingerprint density at radius 3 is 2.79 bits per heavy atom. The molecule has 0 aliphatic heterocycles. The standard InChI is InChI=1S/C16H14N6OS/c1-10-4-6-12(7-5-10)14-20-19-13(23-14)11(2)24-16-18-15-17-8-3-9-22(15)21-16/h3-9,11H,1-2H3/t11-/m0/s1. The zero-order chi connectivity index (χ0) is 16.5. The molecule has 0 spiro atoms. The molecule has 0 bridgehead atoms. The molecule has 120 valence electrons. The minimum Gasteiger partial charge on any atom is -0.419 e. The number of hydrogen-bond acceptors (Lipinski definition) is 7. The van der Waals surface area contributed by atoms with Crippen LogP contribution < -0.4 is 0 Å². The van der Waals surface area contributed by atoms with E-state index in [4.69, 9.17) is 4.42 Å². The molecule has 1 atom stereocenters. The van der Waals surface area contributed by atoms with E-state index in [0.29, 0.717) is 22.7 Å². The molecule has 0 saturated carbocycles. The van der Waals surface area contributed by atoms with Crippen molar-refractivity contribution < 1.29 is 4.42 Å². The SMILES string of the molecule is Cc1ccc(-c2nnc([C@H](C)Sc3nc4ncccn4n3)o2)cc1. The normalized spacial score (nSPS) is 12.6. The Morgan fingerprint density at radius 1 is 1.17 bits per heavy atom. The summed E-state index contributed by atoms with van der Waals surface area (Å²) in [6, 6.07) is 9.79. The molecular weight excluding hydrogens is 324 g/mol. The van der Waals surface area contributed by atoms with Crippen molar-refractivity contribution in [3.05, 3.63) is 54.2 Å². The van der Waals surface area contributed by atoms with Crippen LogP contribution in [0.5, 0.6) is 0 Å². The average Bonchev–Trinajstić information content (AvgIpc) is 3.21. The van der Waals surface area contributed by atoms with Crippen molar-refractivity contribution in [2.24, 2.45) is 0 Å². The van der Waals surface area contributed by atoms with E-state index in [1.165, 1.54) is 17.3 Å². The van der Waals surface area contributed by atoms with Crippen molar-refractivity contribution in [3.8, 4) is 11.5 Å². The maximum Gasteiger partial charge on any atom is 0.253 e. The molecule has 7 nitrogen and oxygen atoms in total. The molecule has 0 amide bonds. The molecule has 0 N–H and O–H groups in total. The number of aryl methyl sites for hydroxylation is 1. The molecular formula is C16H14N6OS. The van der Waals surface area contributed by atoms with Crippen LogP contribution in [0.1, 0.15) is 23.6 Å². The minimum atomic E-state index is -0.0610. The predicted octanol–water partition coefficient (Wildman–Crippen LogP) is 3.34. The second-order valence-corrected chi connectivity index (χ2v) is 6.64. The Kier molecular flexibility index (Phi) is 3.73. The van der Waals surface area contributed by atoms with Gasteiger partial charge >= 0.3 is 0 Å². The van der Waals surface area contributed by atoms with E-state index in [9.17, 15) is 0 Å². The van der Waals surface area contributed by atoms with Crippen molar-refractivity contribution in [1.29, 1.82) is 0 Å². The average molecular weight is 338 g/mol. The Balaban J connectivity index is 1.54. The van der Waals surface area contributed by atoms with Gasteiger partial charge in [-0.15, -0.1) is 15.3 Å². The molecule has 0 aliphatic rings. The van der Waals surface area contributed by atoms with E-state index in [1.807, 2.05) is 50.4 Å². The van der Waals surface area contributed by atoms with Crippen LogP contribution in [-0.4, -0.2) is 29.8 Å². The summed E-state index contributed by atoms with van der Waals surface area (Å²) in [6.07, 6.45) is 3.50. The molecule has 0 unspecified atom stereocenters. The Morgan fingerprint density at radius 2 is 2.00 bits per heavy atom. The Hall–Kier alpha value is -2.74.